The lowest BCUT2D eigenvalue weighted by atomic mass is 9.96. The number of fused-ring (bicyclic) bond motifs is 1. The Morgan fingerprint density at radius 1 is 1.32 bits per heavy atom. The van der Waals surface area contributed by atoms with Crippen LogP contribution < -0.4 is 10.1 Å². The number of benzene rings is 1. The van der Waals surface area contributed by atoms with Crippen LogP contribution in [0.2, 0.25) is 0 Å². The summed E-state index contributed by atoms with van der Waals surface area (Å²) in [5.41, 5.74) is 2.13. The van der Waals surface area contributed by atoms with E-state index >= 15 is 0 Å². The van der Waals surface area contributed by atoms with Gasteiger partial charge < -0.3 is 20.3 Å². The summed E-state index contributed by atoms with van der Waals surface area (Å²) in [6, 6.07) is 3.83. The van der Waals surface area contributed by atoms with Crippen LogP contribution in [-0.2, 0) is 6.42 Å². The molecule has 0 aromatic heterocycles. The largest absolute Gasteiger partial charge is 0.507 e. The zero-order valence-corrected chi connectivity index (χ0v) is 13.9. The Morgan fingerprint density at radius 3 is 2.68 bits per heavy atom. The normalized spacial score (nSPS) is 17.2. The first-order valence-electron chi connectivity index (χ1n) is 8.02. The second-order valence-corrected chi connectivity index (χ2v) is 6.59. The third-order valence-corrected chi connectivity index (χ3v) is 3.68. The molecule has 0 radical (unpaired) electrons. The van der Waals surface area contributed by atoms with Crippen molar-refractivity contribution in [2.24, 2.45) is 0 Å². The van der Waals surface area contributed by atoms with Crippen molar-refractivity contribution in [3.8, 4) is 11.5 Å². The van der Waals surface area contributed by atoms with Gasteiger partial charge in [0.05, 0.1) is 11.7 Å². The number of nitrogens with one attached hydrogen (secondary N) is 1. The molecule has 2 rings (SSSR count). The summed E-state index contributed by atoms with van der Waals surface area (Å²) in [6.45, 7) is 8.27. The molecule has 1 unspecified atom stereocenters. The number of hydrogen-bond acceptors (Lipinski definition) is 4. The average molecular weight is 305 g/mol. The summed E-state index contributed by atoms with van der Waals surface area (Å²) in [4.78, 5) is 0. The van der Waals surface area contributed by atoms with Crippen LogP contribution in [-0.4, -0.2) is 28.5 Å². The second kappa shape index (κ2) is 6.61. The molecule has 122 valence electrons. The maximum absolute atomic E-state index is 10.4. The van der Waals surface area contributed by atoms with Crippen molar-refractivity contribution in [2.75, 3.05) is 6.54 Å². The van der Waals surface area contributed by atoms with Crippen LogP contribution in [0.1, 0.15) is 51.7 Å². The van der Waals surface area contributed by atoms with Crippen molar-refractivity contribution < 1.29 is 14.9 Å². The van der Waals surface area contributed by atoms with Gasteiger partial charge in [-0.25, -0.2) is 0 Å². The molecule has 0 aliphatic carbocycles. The van der Waals surface area contributed by atoms with Gasteiger partial charge >= 0.3 is 0 Å². The monoisotopic (exact) mass is 305 g/mol. The lowest BCUT2D eigenvalue weighted by Crippen LogP contribution is -2.33. The molecule has 22 heavy (non-hydrogen) atoms. The smallest absolute Gasteiger partial charge is 0.133 e. The minimum absolute atomic E-state index is 0.225. The Hall–Kier alpha value is -1.68. The molecule has 0 saturated carbocycles. The van der Waals surface area contributed by atoms with E-state index in [1.54, 1.807) is 6.92 Å². The summed E-state index contributed by atoms with van der Waals surface area (Å²) >= 11 is 0. The number of aliphatic hydroxyl groups excluding tert-OH is 1. The number of unbranched alkanes of at least 4 members (excludes halogenated alkanes) is 1. The third-order valence-electron chi connectivity index (χ3n) is 3.68. The minimum atomic E-state index is -0.457. The summed E-state index contributed by atoms with van der Waals surface area (Å²) in [6.07, 6.45) is 4.63. The van der Waals surface area contributed by atoms with Gasteiger partial charge in [-0.3, -0.25) is 0 Å². The van der Waals surface area contributed by atoms with Crippen molar-refractivity contribution in [3.63, 3.8) is 0 Å². The fraction of sp³-hybridized carbons (Fsp3) is 0.556. The van der Waals surface area contributed by atoms with Gasteiger partial charge in [-0.15, -0.1) is 0 Å². The van der Waals surface area contributed by atoms with Gasteiger partial charge in [-0.1, -0.05) is 13.3 Å². The van der Waals surface area contributed by atoms with Crippen molar-refractivity contribution >= 4 is 5.70 Å². The molecule has 4 heteroatoms. The first-order valence-corrected chi connectivity index (χ1v) is 8.02. The van der Waals surface area contributed by atoms with Gasteiger partial charge in [0.2, 0.25) is 0 Å². The van der Waals surface area contributed by atoms with Crippen LogP contribution >= 0.6 is 0 Å². The maximum Gasteiger partial charge on any atom is 0.133 e. The van der Waals surface area contributed by atoms with Crippen LogP contribution in [0.15, 0.2) is 18.2 Å². The van der Waals surface area contributed by atoms with Gasteiger partial charge in [0.25, 0.3) is 0 Å². The first-order chi connectivity index (χ1) is 10.3. The molecule has 1 aromatic carbocycles. The third kappa shape index (κ3) is 3.95. The van der Waals surface area contributed by atoms with E-state index in [1.165, 1.54) is 0 Å². The molecule has 1 atom stereocenters. The highest BCUT2D eigenvalue weighted by atomic mass is 16.5. The highest BCUT2D eigenvalue weighted by molar-refractivity contribution is 5.77. The molecular formula is C18H27NO3. The molecule has 4 nitrogen and oxygen atoms in total. The number of aromatic hydroxyl groups is 1. The maximum atomic E-state index is 10.4. The zero-order valence-electron chi connectivity index (χ0n) is 13.9. The number of aliphatic hydroxyl groups is 1. The van der Waals surface area contributed by atoms with Crippen LogP contribution in [0.5, 0.6) is 11.5 Å². The molecule has 1 aliphatic heterocycles. The first kappa shape index (κ1) is 16.7. The Morgan fingerprint density at radius 2 is 2.05 bits per heavy atom. The van der Waals surface area contributed by atoms with Gasteiger partial charge in [-0.2, -0.15) is 0 Å². The van der Waals surface area contributed by atoms with Crippen LogP contribution in [0, 0.1) is 0 Å². The highest BCUT2D eigenvalue weighted by Gasteiger charge is 2.29. The minimum Gasteiger partial charge on any atom is -0.507 e. The topological polar surface area (TPSA) is 61.7 Å². The number of phenols is 1. The molecular weight excluding hydrogens is 278 g/mol. The van der Waals surface area contributed by atoms with E-state index < -0.39 is 11.7 Å². The molecule has 0 amide bonds. The van der Waals surface area contributed by atoms with E-state index in [9.17, 15) is 10.2 Å². The van der Waals surface area contributed by atoms with Crippen molar-refractivity contribution in [2.45, 2.75) is 58.7 Å². The average Bonchev–Trinajstić information content (AvgIpc) is 2.40. The summed E-state index contributed by atoms with van der Waals surface area (Å²) in [5, 5.41) is 23.1. The fourth-order valence-electron chi connectivity index (χ4n) is 2.66. The second-order valence-electron chi connectivity index (χ2n) is 6.59. The zero-order chi connectivity index (χ0) is 16.3. The summed E-state index contributed by atoms with van der Waals surface area (Å²) in [5.74, 6) is 0.926. The van der Waals surface area contributed by atoms with E-state index in [-0.39, 0.29) is 5.75 Å². The van der Waals surface area contributed by atoms with E-state index in [0.29, 0.717) is 17.9 Å². The van der Waals surface area contributed by atoms with Gasteiger partial charge in [0.1, 0.15) is 17.1 Å². The number of phenolic OH excluding ortho intramolecular Hbond substituents is 1. The van der Waals surface area contributed by atoms with Crippen LogP contribution in [0.4, 0.5) is 0 Å². The summed E-state index contributed by atoms with van der Waals surface area (Å²) in [7, 11) is 0. The Bertz CT molecular complexity index is 562. The Balaban J connectivity index is 2.37. The van der Waals surface area contributed by atoms with Crippen molar-refractivity contribution in [1.29, 1.82) is 0 Å². The predicted molar refractivity (Wildman–Crippen MR) is 89.1 cm³/mol. The quantitative estimate of drug-likeness (QED) is 0.755. The van der Waals surface area contributed by atoms with Crippen molar-refractivity contribution in [3.05, 3.63) is 29.3 Å². The number of aryl methyl sites for hydroxylation is 1. The molecule has 0 saturated heterocycles. The van der Waals surface area contributed by atoms with E-state index in [1.807, 2.05) is 32.1 Å². The molecule has 0 spiro atoms. The number of hydrogen-bond donors (Lipinski definition) is 3. The van der Waals surface area contributed by atoms with E-state index in [0.717, 1.165) is 30.5 Å². The molecule has 0 bridgehead atoms. The molecule has 1 aromatic rings. The molecule has 1 heterocycles. The van der Waals surface area contributed by atoms with Gasteiger partial charge in [-0.05, 0) is 57.4 Å². The number of rotatable bonds is 6. The molecule has 1 aliphatic rings. The van der Waals surface area contributed by atoms with E-state index in [2.05, 4.69) is 12.2 Å². The molecule has 0 fully saturated rings. The van der Waals surface area contributed by atoms with Crippen molar-refractivity contribution in [1.82, 2.24) is 5.32 Å². The van der Waals surface area contributed by atoms with E-state index in [4.69, 9.17) is 4.74 Å². The lowest BCUT2D eigenvalue weighted by Gasteiger charge is -2.32. The van der Waals surface area contributed by atoms with Crippen LogP contribution in [0.3, 0.4) is 0 Å². The SMILES string of the molecule is CCCCc1cc(O)c2c(c1)OC(C)(C)C=C2NCC(C)O. The summed E-state index contributed by atoms with van der Waals surface area (Å²) < 4.78 is 6.02. The standard InChI is InChI=1S/C18H27NO3/c1-5-6-7-13-8-15(21)17-14(19-11-12(2)20)10-18(3,4)22-16(17)9-13/h8-10,12,19-21H,5-7,11H2,1-4H3. The predicted octanol–water partition coefficient (Wildman–Crippen LogP) is 3.22. The molecule has 3 N–H and O–H groups in total. The fourth-order valence-corrected chi connectivity index (χ4v) is 2.66. The lowest BCUT2D eigenvalue weighted by molar-refractivity contribution is 0.155. The van der Waals surface area contributed by atoms with Gasteiger partial charge in [0.15, 0.2) is 0 Å². The highest BCUT2D eigenvalue weighted by Crippen LogP contribution is 2.41. The van der Waals surface area contributed by atoms with Gasteiger partial charge in [0, 0.05) is 12.2 Å². The number of ether oxygens (including phenoxy) is 1. The Labute approximate surface area is 132 Å². The Kier molecular flexibility index (Phi) is 5.01. The van der Waals surface area contributed by atoms with Crippen LogP contribution in [0.25, 0.3) is 5.70 Å².